The van der Waals surface area contributed by atoms with Crippen LogP contribution in [0.25, 0.3) is 11.3 Å². The lowest BCUT2D eigenvalue weighted by atomic mass is 10.1. The molecule has 0 saturated carbocycles. The van der Waals surface area contributed by atoms with Crippen molar-refractivity contribution in [3.8, 4) is 5.69 Å². The van der Waals surface area contributed by atoms with Crippen molar-refractivity contribution in [1.29, 1.82) is 0 Å². The number of alkyl halides is 3. The molecule has 0 radical (unpaired) electrons. The molecule has 1 N–H and O–H groups in total. The van der Waals surface area contributed by atoms with Crippen LogP contribution < -0.4 is 5.32 Å². The largest absolute Gasteiger partial charge is 0.417 e. The van der Waals surface area contributed by atoms with Gasteiger partial charge in [0.25, 0.3) is 0 Å². The van der Waals surface area contributed by atoms with Crippen molar-refractivity contribution in [1.82, 2.24) is 9.78 Å². The number of rotatable bonds is 4. The van der Waals surface area contributed by atoms with Crippen molar-refractivity contribution in [2.75, 3.05) is 5.32 Å². The fraction of sp³-hybridized carbons (Fsp3) is 0.0526. The van der Waals surface area contributed by atoms with E-state index in [2.05, 4.69) is 10.4 Å². The van der Waals surface area contributed by atoms with E-state index in [9.17, 15) is 18.0 Å². The number of carbonyl (C=O) groups excluding carboxylic acids is 1. The van der Waals surface area contributed by atoms with Crippen molar-refractivity contribution < 1.29 is 18.0 Å². The highest BCUT2D eigenvalue weighted by molar-refractivity contribution is 6.05. The number of nitrogens with zero attached hydrogens (tertiary/aromatic N) is 2. The molecule has 0 aliphatic heterocycles. The SMILES string of the molecule is O=C(/C=C(\c1ccccc1)C(F)(F)F)Nc1ccccc1-n1cccn1. The molecule has 1 aromatic heterocycles. The van der Waals surface area contributed by atoms with Crippen molar-refractivity contribution in [3.63, 3.8) is 0 Å². The van der Waals surface area contributed by atoms with Crippen LogP contribution in [-0.2, 0) is 4.79 Å². The highest BCUT2D eigenvalue weighted by Gasteiger charge is 2.35. The quantitative estimate of drug-likeness (QED) is 0.701. The predicted molar refractivity (Wildman–Crippen MR) is 92.7 cm³/mol. The van der Waals surface area contributed by atoms with Gasteiger partial charge in [0.1, 0.15) is 0 Å². The summed E-state index contributed by atoms with van der Waals surface area (Å²) in [5, 5.41) is 6.57. The van der Waals surface area contributed by atoms with Crippen molar-refractivity contribution >= 4 is 17.2 Å². The Hall–Kier alpha value is -3.35. The summed E-state index contributed by atoms with van der Waals surface area (Å²) in [4.78, 5) is 12.2. The zero-order valence-corrected chi connectivity index (χ0v) is 13.4. The number of benzene rings is 2. The lowest BCUT2D eigenvalue weighted by Gasteiger charge is -2.13. The lowest BCUT2D eigenvalue weighted by Crippen LogP contribution is -2.16. The molecular weight excluding hydrogens is 343 g/mol. The van der Waals surface area contributed by atoms with Gasteiger partial charge in [-0.2, -0.15) is 18.3 Å². The Kier molecular flexibility index (Phi) is 4.88. The molecule has 0 saturated heterocycles. The monoisotopic (exact) mass is 357 g/mol. The number of allylic oxidation sites excluding steroid dienone is 1. The van der Waals surface area contributed by atoms with E-state index in [1.807, 2.05) is 0 Å². The van der Waals surface area contributed by atoms with Gasteiger partial charge in [-0.05, 0) is 23.8 Å². The maximum absolute atomic E-state index is 13.3. The zero-order chi connectivity index (χ0) is 18.6. The van der Waals surface area contributed by atoms with Crippen LogP contribution in [0.4, 0.5) is 18.9 Å². The fourth-order valence-corrected chi connectivity index (χ4v) is 2.44. The molecule has 0 fully saturated rings. The second-order valence-corrected chi connectivity index (χ2v) is 5.38. The molecule has 0 atom stereocenters. The maximum Gasteiger partial charge on any atom is 0.417 e. The zero-order valence-electron chi connectivity index (χ0n) is 13.4. The molecule has 26 heavy (non-hydrogen) atoms. The molecule has 0 aliphatic rings. The number of para-hydroxylation sites is 2. The van der Waals surface area contributed by atoms with E-state index in [1.165, 1.54) is 28.9 Å². The Bertz CT molecular complexity index is 917. The van der Waals surface area contributed by atoms with Crippen LogP contribution in [0.5, 0.6) is 0 Å². The van der Waals surface area contributed by atoms with E-state index in [4.69, 9.17) is 0 Å². The highest BCUT2D eigenvalue weighted by atomic mass is 19.4. The number of hydrogen-bond donors (Lipinski definition) is 1. The van der Waals surface area contributed by atoms with Gasteiger partial charge in [-0.15, -0.1) is 0 Å². The van der Waals surface area contributed by atoms with Crippen LogP contribution in [0, 0.1) is 0 Å². The van der Waals surface area contributed by atoms with Crippen LogP contribution in [0.15, 0.2) is 79.1 Å². The Morgan fingerprint density at radius 3 is 2.35 bits per heavy atom. The summed E-state index contributed by atoms with van der Waals surface area (Å²) in [5.74, 6) is -0.874. The Morgan fingerprint density at radius 2 is 1.69 bits per heavy atom. The van der Waals surface area contributed by atoms with Gasteiger partial charge in [0.05, 0.1) is 16.9 Å². The minimum atomic E-state index is -4.65. The number of amides is 1. The normalized spacial score (nSPS) is 12.0. The third-order valence-corrected chi connectivity index (χ3v) is 3.58. The number of anilines is 1. The molecule has 0 unspecified atom stereocenters. The summed E-state index contributed by atoms with van der Waals surface area (Å²) in [7, 11) is 0. The summed E-state index contributed by atoms with van der Waals surface area (Å²) in [6, 6.07) is 15.6. The van der Waals surface area contributed by atoms with E-state index in [0.717, 1.165) is 0 Å². The fourth-order valence-electron chi connectivity index (χ4n) is 2.44. The topological polar surface area (TPSA) is 46.9 Å². The van der Waals surface area contributed by atoms with Crippen LogP contribution >= 0.6 is 0 Å². The van der Waals surface area contributed by atoms with Crippen LogP contribution in [0.2, 0.25) is 0 Å². The molecule has 7 heteroatoms. The van der Waals surface area contributed by atoms with Gasteiger partial charge in [-0.1, -0.05) is 42.5 Å². The van der Waals surface area contributed by atoms with Gasteiger partial charge in [0, 0.05) is 18.5 Å². The second-order valence-electron chi connectivity index (χ2n) is 5.38. The summed E-state index contributed by atoms with van der Waals surface area (Å²) < 4.78 is 41.6. The molecule has 4 nitrogen and oxygen atoms in total. The average molecular weight is 357 g/mol. The maximum atomic E-state index is 13.3. The third-order valence-electron chi connectivity index (χ3n) is 3.58. The van der Waals surface area contributed by atoms with Gasteiger partial charge in [-0.3, -0.25) is 4.79 Å². The number of halogens is 3. The van der Waals surface area contributed by atoms with E-state index in [1.54, 1.807) is 48.8 Å². The predicted octanol–water partition coefficient (Wildman–Crippen LogP) is 4.46. The third kappa shape index (κ3) is 4.00. The molecule has 3 rings (SSSR count). The first-order valence-electron chi connectivity index (χ1n) is 7.69. The molecule has 1 heterocycles. The Labute approximate surface area is 147 Å². The molecule has 0 bridgehead atoms. The van der Waals surface area contributed by atoms with E-state index in [0.29, 0.717) is 17.5 Å². The van der Waals surface area contributed by atoms with Crippen LogP contribution in [0.1, 0.15) is 5.56 Å². The van der Waals surface area contributed by atoms with Crippen molar-refractivity contribution in [2.45, 2.75) is 6.18 Å². The van der Waals surface area contributed by atoms with Gasteiger partial charge in [0.2, 0.25) is 5.91 Å². The minimum absolute atomic E-state index is 0.0736. The molecule has 2 aromatic carbocycles. The first-order chi connectivity index (χ1) is 12.4. The van der Waals surface area contributed by atoms with Crippen molar-refractivity contribution in [3.05, 3.63) is 84.7 Å². The van der Waals surface area contributed by atoms with Gasteiger partial charge >= 0.3 is 6.18 Å². The van der Waals surface area contributed by atoms with Crippen LogP contribution in [0.3, 0.4) is 0 Å². The van der Waals surface area contributed by atoms with E-state index < -0.39 is 17.7 Å². The average Bonchev–Trinajstić information content (AvgIpc) is 3.14. The Morgan fingerprint density at radius 1 is 1.00 bits per heavy atom. The molecule has 132 valence electrons. The standard InChI is InChI=1S/C19H14F3N3O/c20-19(21,22)15(14-7-2-1-3-8-14)13-18(26)24-16-9-4-5-10-17(16)25-12-6-11-23-25/h1-13H,(H,24,26)/b15-13+. The highest BCUT2D eigenvalue weighted by Crippen LogP contribution is 2.33. The van der Waals surface area contributed by atoms with Crippen molar-refractivity contribution in [2.24, 2.45) is 0 Å². The first-order valence-corrected chi connectivity index (χ1v) is 7.69. The second kappa shape index (κ2) is 7.26. The summed E-state index contributed by atoms with van der Waals surface area (Å²) in [5.41, 5.74) is -0.178. The molecule has 1 amide bonds. The smallest absolute Gasteiger partial charge is 0.321 e. The number of aromatic nitrogens is 2. The van der Waals surface area contributed by atoms with E-state index in [-0.39, 0.29) is 5.56 Å². The van der Waals surface area contributed by atoms with Crippen LogP contribution in [-0.4, -0.2) is 21.9 Å². The molecule has 0 aliphatic carbocycles. The summed E-state index contributed by atoms with van der Waals surface area (Å²) >= 11 is 0. The summed E-state index contributed by atoms with van der Waals surface area (Å²) in [6.07, 6.45) is -0.850. The van der Waals surface area contributed by atoms with Gasteiger partial charge in [0.15, 0.2) is 0 Å². The molecular formula is C19H14F3N3O. The molecule has 3 aromatic rings. The minimum Gasteiger partial charge on any atom is -0.321 e. The lowest BCUT2D eigenvalue weighted by molar-refractivity contribution is -0.112. The number of carbonyl (C=O) groups is 1. The number of hydrogen-bond acceptors (Lipinski definition) is 2. The van der Waals surface area contributed by atoms with E-state index >= 15 is 0 Å². The van der Waals surface area contributed by atoms with Gasteiger partial charge in [-0.25, -0.2) is 4.68 Å². The first kappa shape index (κ1) is 17.5. The Balaban J connectivity index is 1.92. The van der Waals surface area contributed by atoms with Gasteiger partial charge < -0.3 is 5.32 Å². The number of nitrogens with one attached hydrogen (secondary N) is 1. The summed E-state index contributed by atoms with van der Waals surface area (Å²) in [6.45, 7) is 0. The molecule has 0 spiro atoms.